The van der Waals surface area contributed by atoms with E-state index < -0.39 is 0 Å². The maximum Gasteiger partial charge on any atom is 0.0412 e. The molecule has 0 N–H and O–H groups in total. The largest absolute Gasteiger partial charge is 0.298 e. The molecule has 2 atom stereocenters. The third-order valence-corrected chi connectivity index (χ3v) is 6.83. The van der Waals surface area contributed by atoms with E-state index in [9.17, 15) is 0 Å². The molecule has 2 bridgehead atoms. The van der Waals surface area contributed by atoms with Gasteiger partial charge in [0.15, 0.2) is 0 Å². The Balaban J connectivity index is 1.39. The molecule has 3 aliphatic rings. The monoisotopic (exact) mass is 365 g/mol. The van der Waals surface area contributed by atoms with Gasteiger partial charge in [0.25, 0.3) is 0 Å². The van der Waals surface area contributed by atoms with Gasteiger partial charge in [0.1, 0.15) is 0 Å². The summed E-state index contributed by atoms with van der Waals surface area (Å²) in [5.41, 5.74) is 5.93. The van der Waals surface area contributed by atoms with Gasteiger partial charge in [0.2, 0.25) is 0 Å². The fourth-order valence-corrected chi connectivity index (χ4v) is 5.00. The number of hydrogen-bond acceptors (Lipinski definition) is 1. The fraction of sp³-hybridized carbons (Fsp3) is 0.417. The van der Waals surface area contributed by atoms with Crippen molar-refractivity contribution in [3.8, 4) is 11.1 Å². The van der Waals surface area contributed by atoms with E-state index >= 15 is 0 Å². The van der Waals surface area contributed by atoms with Crippen molar-refractivity contribution in [1.82, 2.24) is 4.90 Å². The molecule has 26 heavy (non-hydrogen) atoms. The zero-order valence-corrected chi connectivity index (χ0v) is 16.8. The lowest BCUT2D eigenvalue weighted by atomic mass is 9.49. The van der Waals surface area contributed by atoms with Crippen molar-refractivity contribution < 1.29 is 0 Å². The minimum Gasteiger partial charge on any atom is -0.298 e. The molecule has 2 aromatic rings. The minimum atomic E-state index is 0.517. The number of halogens is 1. The normalized spacial score (nSPS) is 23.5. The van der Waals surface area contributed by atoms with Crippen LogP contribution in [-0.4, -0.2) is 18.5 Å². The quantitative estimate of drug-likeness (QED) is 0.551. The number of nitrogens with zero attached hydrogens (tertiary/aromatic N) is 1. The zero-order chi connectivity index (χ0) is 18.3. The lowest BCUT2D eigenvalue weighted by Crippen LogP contribution is -2.49. The van der Waals surface area contributed by atoms with E-state index in [4.69, 9.17) is 11.6 Å². The number of allylic oxidation sites excluding steroid dienone is 1. The summed E-state index contributed by atoms with van der Waals surface area (Å²) in [5.74, 6) is 1.72. The molecule has 3 aliphatic carbocycles. The SMILES string of the molecule is CN(CC1=CC[C@@H]2C[C@H]1C2(C)C)Cc1ccc(-c2cccc(Cl)c2)cc1. The molecule has 0 unspecified atom stereocenters. The number of hydrogen-bond donors (Lipinski definition) is 0. The molecule has 0 heterocycles. The Morgan fingerprint density at radius 1 is 1.04 bits per heavy atom. The van der Waals surface area contributed by atoms with E-state index in [0.29, 0.717) is 5.41 Å². The van der Waals surface area contributed by atoms with Gasteiger partial charge >= 0.3 is 0 Å². The lowest BCUT2D eigenvalue weighted by Gasteiger charge is -2.57. The first kappa shape index (κ1) is 17.8. The zero-order valence-electron chi connectivity index (χ0n) is 16.0. The Bertz CT molecular complexity index is 818. The van der Waals surface area contributed by atoms with E-state index in [-0.39, 0.29) is 0 Å². The van der Waals surface area contributed by atoms with Gasteiger partial charge < -0.3 is 0 Å². The van der Waals surface area contributed by atoms with Crippen LogP contribution in [0.25, 0.3) is 11.1 Å². The van der Waals surface area contributed by atoms with Gasteiger partial charge in [-0.3, -0.25) is 4.90 Å². The third-order valence-electron chi connectivity index (χ3n) is 6.60. The van der Waals surface area contributed by atoms with Crippen molar-refractivity contribution in [3.63, 3.8) is 0 Å². The summed E-state index contributed by atoms with van der Waals surface area (Å²) in [6, 6.07) is 16.9. The summed E-state index contributed by atoms with van der Waals surface area (Å²) < 4.78 is 0. The molecule has 2 heteroatoms. The second kappa shape index (κ2) is 6.87. The van der Waals surface area contributed by atoms with E-state index in [1.165, 1.54) is 29.5 Å². The Labute approximate surface area is 162 Å². The van der Waals surface area contributed by atoms with Gasteiger partial charge in [-0.05, 0) is 66.0 Å². The average molecular weight is 366 g/mol. The van der Waals surface area contributed by atoms with E-state index in [0.717, 1.165) is 29.9 Å². The van der Waals surface area contributed by atoms with Crippen LogP contribution in [0, 0.1) is 17.3 Å². The standard InChI is InChI=1S/C24H28ClN/c1-24(2)21-12-11-20(23(24)14-21)16-26(3)15-17-7-9-18(10-8-17)19-5-4-6-22(25)13-19/h4-11,13,21,23H,12,14-16H2,1-3H3/t21-,23-/m1/s1. The second-order valence-corrected chi connectivity index (χ2v) is 9.14. The maximum atomic E-state index is 6.11. The molecule has 1 nitrogen and oxygen atoms in total. The highest BCUT2D eigenvalue weighted by atomic mass is 35.5. The minimum absolute atomic E-state index is 0.517. The third kappa shape index (κ3) is 3.35. The summed E-state index contributed by atoms with van der Waals surface area (Å²) in [4.78, 5) is 2.45. The van der Waals surface area contributed by atoms with Gasteiger partial charge in [-0.2, -0.15) is 0 Å². The predicted molar refractivity (Wildman–Crippen MR) is 111 cm³/mol. The van der Waals surface area contributed by atoms with E-state index in [2.05, 4.69) is 62.2 Å². The second-order valence-electron chi connectivity index (χ2n) is 8.70. The average Bonchev–Trinajstić information content (AvgIpc) is 2.62. The molecule has 1 fully saturated rings. The van der Waals surface area contributed by atoms with Crippen LogP contribution in [0.15, 0.2) is 60.2 Å². The summed E-state index contributed by atoms with van der Waals surface area (Å²) in [5, 5.41) is 0.785. The molecule has 2 aromatic carbocycles. The van der Waals surface area contributed by atoms with Crippen LogP contribution < -0.4 is 0 Å². The van der Waals surface area contributed by atoms with Crippen LogP contribution in [0.3, 0.4) is 0 Å². The Kier molecular flexibility index (Phi) is 4.71. The van der Waals surface area contributed by atoms with E-state index in [1.807, 2.05) is 18.2 Å². The van der Waals surface area contributed by atoms with Crippen LogP contribution in [0.1, 0.15) is 32.3 Å². The highest BCUT2D eigenvalue weighted by Gasteiger charge is 2.50. The van der Waals surface area contributed by atoms with Crippen molar-refractivity contribution in [2.45, 2.75) is 33.2 Å². The highest BCUT2D eigenvalue weighted by molar-refractivity contribution is 6.30. The van der Waals surface area contributed by atoms with Crippen molar-refractivity contribution in [2.24, 2.45) is 17.3 Å². The van der Waals surface area contributed by atoms with Gasteiger partial charge in [-0.15, -0.1) is 0 Å². The molecule has 0 spiro atoms. The van der Waals surface area contributed by atoms with Gasteiger partial charge in [0.05, 0.1) is 0 Å². The summed E-state index contributed by atoms with van der Waals surface area (Å²) in [6.07, 6.45) is 5.20. The fourth-order valence-electron chi connectivity index (χ4n) is 4.81. The molecule has 0 amide bonds. The molecular weight excluding hydrogens is 338 g/mol. The topological polar surface area (TPSA) is 3.24 Å². The predicted octanol–water partition coefficient (Wildman–Crippen LogP) is 6.43. The molecule has 0 saturated heterocycles. The van der Waals surface area contributed by atoms with Gasteiger partial charge in [-0.25, -0.2) is 0 Å². The van der Waals surface area contributed by atoms with Crippen molar-refractivity contribution >= 4 is 11.6 Å². The number of fused-ring (bicyclic) bond motifs is 1. The summed E-state index contributed by atoms with van der Waals surface area (Å²) >= 11 is 6.11. The number of benzene rings is 2. The molecule has 5 rings (SSSR count). The Morgan fingerprint density at radius 3 is 2.46 bits per heavy atom. The first-order valence-corrected chi connectivity index (χ1v) is 10.0. The Morgan fingerprint density at radius 2 is 1.81 bits per heavy atom. The van der Waals surface area contributed by atoms with Crippen molar-refractivity contribution in [3.05, 3.63) is 70.8 Å². The summed E-state index contributed by atoms with van der Waals surface area (Å²) in [7, 11) is 2.24. The van der Waals surface area contributed by atoms with Gasteiger partial charge in [0, 0.05) is 18.1 Å². The van der Waals surface area contributed by atoms with Crippen LogP contribution in [0.2, 0.25) is 5.02 Å². The van der Waals surface area contributed by atoms with Crippen molar-refractivity contribution in [2.75, 3.05) is 13.6 Å². The van der Waals surface area contributed by atoms with Crippen LogP contribution in [0.4, 0.5) is 0 Å². The number of likely N-dealkylation sites (N-methyl/N-ethyl adjacent to an activating group) is 1. The van der Waals surface area contributed by atoms with Crippen LogP contribution in [0.5, 0.6) is 0 Å². The van der Waals surface area contributed by atoms with Crippen LogP contribution >= 0.6 is 11.6 Å². The van der Waals surface area contributed by atoms with E-state index in [1.54, 1.807) is 5.57 Å². The first-order chi connectivity index (χ1) is 12.4. The first-order valence-electron chi connectivity index (χ1n) is 9.66. The molecule has 136 valence electrons. The molecular formula is C24H28ClN. The molecule has 0 aliphatic heterocycles. The van der Waals surface area contributed by atoms with Crippen LogP contribution in [-0.2, 0) is 6.54 Å². The van der Waals surface area contributed by atoms with Gasteiger partial charge in [-0.1, -0.05) is 73.5 Å². The maximum absolute atomic E-state index is 6.11. The highest BCUT2D eigenvalue weighted by Crippen LogP contribution is 2.59. The Hall–Kier alpha value is -1.57. The number of rotatable bonds is 5. The van der Waals surface area contributed by atoms with Crippen molar-refractivity contribution in [1.29, 1.82) is 0 Å². The molecule has 0 aromatic heterocycles. The lowest BCUT2D eigenvalue weighted by molar-refractivity contribution is -0.0101. The molecule has 1 saturated carbocycles. The summed E-state index contributed by atoms with van der Waals surface area (Å²) in [6.45, 7) is 6.99. The smallest absolute Gasteiger partial charge is 0.0412 e. The molecule has 0 radical (unpaired) electrons.